The summed E-state index contributed by atoms with van der Waals surface area (Å²) < 4.78 is 5.40. The van der Waals surface area contributed by atoms with Gasteiger partial charge in [0.2, 0.25) is 0 Å². The lowest BCUT2D eigenvalue weighted by Crippen LogP contribution is -2.48. The number of rotatable bonds is 3. The minimum Gasteiger partial charge on any atom is -0.386 e. The number of hydrogen-bond acceptors (Lipinski definition) is 3. The second kappa shape index (κ2) is 4.64. The van der Waals surface area contributed by atoms with E-state index >= 15 is 0 Å². The third-order valence-electron chi connectivity index (χ3n) is 3.58. The molecule has 1 saturated heterocycles. The highest BCUT2D eigenvalue weighted by Crippen LogP contribution is 2.25. The van der Waals surface area contributed by atoms with E-state index in [0.29, 0.717) is 19.2 Å². The van der Waals surface area contributed by atoms with Crippen molar-refractivity contribution in [2.24, 2.45) is 0 Å². The van der Waals surface area contributed by atoms with Gasteiger partial charge in [-0.2, -0.15) is 0 Å². The van der Waals surface area contributed by atoms with Crippen LogP contribution in [0.1, 0.15) is 32.6 Å². The van der Waals surface area contributed by atoms with Gasteiger partial charge in [0.1, 0.15) is 5.60 Å². The smallest absolute Gasteiger partial charge is 0.105 e. The molecule has 3 atom stereocenters. The van der Waals surface area contributed by atoms with Crippen molar-refractivity contribution < 1.29 is 9.84 Å². The topological polar surface area (TPSA) is 41.5 Å². The van der Waals surface area contributed by atoms with Crippen LogP contribution in [0, 0.1) is 0 Å². The molecule has 0 amide bonds. The standard InChI is InChI=1S/C12H21NO2/c1-10-12(14,7-8-15-10)9-13-11-5-3-2-4-6-11/h3,5,10-11,13-14H,2,4,6-9H2,1H3. The Labute approximate surface area is 91.5 Å². The molecule has 0 aromatic rings. The fourth-order valence-corrected chi connectivity index (χ4v) is 2.29. The first kappa shape index (κ1) is 11.1. The van der Waals surface area contributed by atoms with E-state index in [2.05, 4.69) is 17.5 Å². The van der Waals surface area contributed by atoms with E-state index in [9.17, 15) is 5.11 Å². The number of nitrogens with one attached hydrogen (secondary N) is 1. The number of aliphatic hydroxyl groups is 1. The molecule has 2 aliphatic rings. The molecule has 3 nitrogen and oxygen atoms in total. The van der Waals surface area contributed by atoms with Gasteiger partial charge < -0.3 is 15.2 Å². The van der Waals surface area contributed by atoms with Crippen molar-refractivity contribution in [2.75, 3.05) is 13.2 Å². The molecular formula is C12H21NO2. The minimum absolute atomic E-state index is 0.0439. The Morgan fingerprint density at radius 3 is 3.07 bits per heavy atom. The SMILES string of the molecule is CC1OCCC1(O)CNC1C=CCCC1. The van der Waals surface area contributed by atoms with Gasteiger partial charge in [-0.25, -0.2) is 0 Å². The van der Waals surface area contributed by atoms with Crippen LogP contribution in [0.15, 0.2) is 12.2 Å². The third kappa shape index (κ3) is 2.60. The maximum atomic E-state index is 10.3. The van der Waals surface area contributed by atoms with Crippen LogP contribution in [0.5, 0.6) is 0 Å². The Balaban J connectivity index is 1.81. The van der Waals surface area contributed by atoms with Gasteiger partial charge in [-0.05, 0) is 26.2 Å². The fraction of sp³-hybridized carbons (Fsp3) is 0.833. The zero-order valence-electron chi connectivity index (χ0n) is 9.41. The van der Waals surface area contributed by atoms with E-state index in [1.165, 1.54) is 19.3 Å². The molecule has 1 fully saturated rings. The summed E-state index contributed by atoms with van der Waals surface area (Å²) in [5.74, 6) is 0. The van der Waals surface area contributed by atoms with E-state index in [1.807, 2.05) is 6.92 Å². The zero-order valence-corrected chi connectivity index (χ0v) is 9.41. The highest BCUT2D eigenvalue weighted by atomic mass is 16.5. The first-order valence-corrected chi connectivity index (χ1v) is 5.95. The average Bonchev–Trinajstić information content (AvgIpc) is 2.59. The zero-order chi connectivity index (χ0) is 10.7. The monoisotopic (exact) mass is 211 g/mol. The number of ether oxygens (including phenoxy) is 1. The van der Waals surface area contributed by atoms with Crippen molar-refractivity contribution in [3.05, 3.63) is 12.2 Å². The van der Waals surface area contributed by atoms with Crippen molar-refractivity contribution in [1.29, 1.82) is 0 Å². The quantitative estimate of drug-likeness (QED) is 0.690. The van der Waals surface area contributed by atoms with Crippen LogP contribution in [0.2, 0.25) is 0 Å². The van der Waals surface area contributed by atoms with Crippen molar-refractivity contribution >= 4 is 0 Å². The van der Waals surface area contributed by atoms with Crippen LogP contribution >= 0.6 is 0 Å². The van der Waals surface area contributed by atoms with E-state index in [-0.39, 0.29) is 6.10 Å². The number of hydrogen-bond donors (Lipinski definition) is 2. The van der Waals surface area contributed by atoms with Gasteiger partial charge >= 0.3 is 0 Å². The molecule has 0 bridgehead atoms. The molecule has 0 aromatic carbocycles. The Kier molecular flexibility index (Phi) is 3.44. The van der Waals surface area contributed by atoms with Crippen molar-refractivity contribution in [3.8, 4) is 0 Å². The van der Waals surface area contributed by atoms with Crippen LogP contribution in [0.4, 0.5) is 0 Å². The van der Waals surface area contributed by atoms with Crippen molar-refractivity contribution in [2.45, 2.75) is 50.4 Å². The summed E-state index contributed by atoms with van der Waals surface area (Å²) >= 11 is 0. The van der Waals surface area contributed by atoms with Gasteiger partial charge in [0.15, 0.2) is 0 Å². The maximum Gasteiger partial charge on any atom is 0.105 e. The van der Waals surface area contributed by atoms with E-state index < -0.39 is 5.60 Å². The largest absolute Gasteiger partial charge is 0.386 e. The molecule has 15 heavy (non-hydrogen) atoms. The molecule has 3 unspecified atom stereocenters. The molecule has 1 heterocycles. The molecule has 0 radical (unpaired) electrons. The lowest BCUT2D eigenvalue weighted by Gasteiger charge is -2.29. The Morgan fingerprint density at radius 1 is 1.60 bits per heavy atom. The summed E-state index contributed by atoms with van der Waals surface area (Å²) in [6, 6.07) is 0.440. The minimum atomic E-state index is -0.661. The fourth-order valence-electron chi connectivity index (χ4n) is 2.29. The predicted octanol–water partition coefficient (Wildman–Crippen LogP) is 1.22. The summed E-state index contributed by atoms with van der Waals surface area (Å²) in [6.07, 6.45) is 8.77. The van der Waals surface area contributed by atoms with Gasteiger partial charge in [-0.15, -0.1) is 0 Å². The summed E-state index contributed by atoms with van der Waals surface area (Å²) in [6.45, 7) is 3.27. The molecule has 2 N–H and O–H groups in total. The highest BCUT2D eigenvalue weighted by Gasteiger charge is 2.39. The van der Waals surface area contributed by atoms with Gasteiger partial charge in [0.25, 0.3) is 0 Å². The Morgan fingerprint density at radius 2 is 2.47 bits per heavy atom. The summed E-state index contributed by atoms with van der Waals surface area (Å²) in [7, 11) is 0. The molecule has 0 spiro atoms. The average molecular weight is 211 g/mol. The van der Waals surface area contributed by atoms with Crippen molar-refractivity contribution in [1.82, 2.24) is 5.32 Å². The van der Waals surface area contributed by atoms with E-state index in [0.717, 1.165) is 6.42 Å². The lowest BCUT2D eigenvalue weighted by atomic mass is 9.95. The molecular weight excluding hydrogens is 190 g/mol. The lowest BCUT2D eigenvalue weighted by molar-refractivity contribution is -0.0271. The first-order chi connectivity index (χ1) is 7.21. The molecule has 2 rings (SSSR count). The Bertz CT molecular complexity index is 242. The van der Waals surface area contributed by atoms with Crippen molar-refractivity contribution in [3.63, 3.8) is 0 Å². The third-order valence-corrected chi connectivity index (χ3v) is 3.58. The number of allylic oxidation sites excluding steroid dienone is 1. The van der Waals surface area contributed by atoms with Gasteiger partial charge in [-0.3, -0.25) is 0 Å². The molecule has 1 aliphatic carbocycles. The van der Waals surface area contributed by atoms with Gasteiger partial charge in [0.05, 0.1) is 6.10 Å². The van der Waals surface area contributed by atoms with E-state index in [4.69, 9.17) is 4.74 Å². The van der Waals surface area contributed by atoms with Crippen LogP contribution in [-0.4, -0.2) is 36.0 Å². The maximum absolute atomic E-state index is 10.3. The predicted molar refractivity (Wildman–Crippen MR) is 59.8 cm³/mol. The summed E-state index contributed by atoms with van der Waals surface area (Å²) in [4.78, 5) is 0. The molecule has 0 aromatic heterocycles. The second-order valence-corrected chi connectivity index (χ2v) is 4.71. The Hall–Kier alpha value is -0.380. The van der Waals surface area contributed by atoms with Gasteiger partial charge in [0, 0.05) is 25.6 Å². The normalized spacial score (nSPS) is 40.9. The summed E-state index contributed by atoms with van der Waals surface area (Å²) in [5.41, 5.74) is -0.661. The van der Waals surface area contributed by atoms with Crippen LogP contribution in [0.3, 0.4) is 0 Å². The van der Waals surface area contributed by atoms with Crippen LogP contribution < -0.4 is 5.32 Å². The van der Waals surface area contributed by atoms with Crippen LogP contribution in [0.25, 0.3) is 0 Å². The van der Waals surface area contributed by atoms with E-state index in [1.54, 1.807) is 0 Å². The summed E-state index contributed by atoms with van der Waals surface area (Å²) in [5, 5.41) is 13.7. The highest BCUT2D eigenvalue weighted by molar-refractivity contribution is 5.00. The van der Waals surface area contributed by atoms with Gasteiger partial charge in [-0.1, -0.05) is 12.2 Å². The molecule has 1 aliphatic heterocycles. The van der Waals surface area contributed by atoms with Crippen LogP contribution in [-0.2, 0) is 4.74 Å². The second-order valence-electron chi connectivity index (χ2n) is 4.71. The first-order valence-electron chi connectivity index (χ1n) is 5.95. The molecule has 3 heteroatoms. The molecule has 0 saturated carbocycles. The molecule has 86 valence electrons.